The summed E-state index contributed by atoms with van der Waals surface area (Å²) in [6.45, 7) is 0. The standard InChI is InChI=1S/C10H9BrN2O/c1-13-8-5-3-2-4-7(8)10(12-13)9(14)6-11/h2-5H,6H2,1H3. The molecule has 0 aliphatic carbocycles. The van der Waals surface area contributed by atoms with E-state index >= 15 is 0 Å². The van der Waals surface area contributed by atoms with E-state index in [0.717, 1.165) is 10.9 Å². The Balaban J connectivity index is 2.72. The lowest BCUT2D eigenvalue weighted by atomic mass is 10.2. The van der Waals surface area contributed by atoms with Gasteiger partial charge in [0.05, 0.1) is 10.8 Å². The normalized spacial score (nSPS) is 10.7. The van der Waals surface area contributed by atoms with Gasteiger partial charge in [0.1, 0.15) is 5.69 Å². The van der Waals surface area contributed by atoms with Crippen LogP contribution in [0.5, 0.6) is 0 Å². The summed E-state index contributed by atoms with van der Waals surface area (Å²) in [7, 11) is 1.84. The number of carbonyl (C=O) groups excluding carboxylic acids is 1. The second kappa shape index (κ2) is 3.53. The van der Waals surface area contributed by atoms with Crippen LogP contribution in [0.15, 0.2) is 24.3 Å². The van der Waals surface area contributed by atoms with Crippen LogP contribution in [0.4, 0.5) is 0 Å². The number of benzene rings is 1. The van der Waals surface area contributed by atoms with Crippen LogP contribution in [-0.4, -0.2) is 20.9 Å². The van der Waals surface area contributed by atoms with Crippen LogP contribution >= 0.6 is 15.9 Å². The molecule has 0 atom stereocenters. The number of halogens is 1. The minimum absolute atomic E-state index is 0.0156. The summed E-state index contributed by atoms with van der Waals surface area (Å²) >= 11 is 3.15. The number of hydrogen-bond acceptors (Lipinski definition) is 2. The topological polar surface area (TPSA) is 34.9 Å². The number of Topliss-reactive ketones (excluding diaryl/α,β-unsaturated/α-hetero) is 1. The smallest absolute Gasteiger partial charge is 0.194 e. The van der Waals surface area contributed by atoms with Gasteiger partial charge in [-0.1, -0.05) is 34.1 Å². The van der Waals surface area contributed by atoms with Crippen LogP contribution < -0.4 is 0 Å². The van der Waals surface area contributed by atoms with Crippen LogP contribution in [0.2, 0.25) is 0 Å². The van der Waals surface area contributed by atoms with Crippen molar-refractivity contribution in [1.82, 2.24) is 9.78 Å². The minimum Gasteiger partial charge on any atom is -0.291 e. The highest BCUT2D eigenvalue weighted by atomic mass is 79.9. The molecule has 4 heteroatoms. The van der Waals surface area contributed by atoms with Crippen molar-refractivity contribution < 1.29 is 4.79 Å². The molecule has 0 unspecified atom stereocenters. The van der Waals surface area contributed by atoms with Gasteiger partial charge in [-0.05, 0) is 6.07 Å². The third kappa shape index (κ3) is 1.35. The lowest BCUT2D eigenvalue weighted by Crippen LogP contribution is -2.02. The van der Waals surface area contributed by atoms with E-state index in [4.69, 9.17) is 0 Å². The van der Waals surface area contributed by atoms with Gasteiger partial charge in [-0.2, -0.15) is 5.10 Å². The maximum absolute atomic E-state index is 11.5. The van der Waals surface area contributed by atoms with Crippen LogP contribution in [0.1, 0.15) is 10.5 Å². The first-order valence-electron chi connectivity index (χ1n) is 4.25. The third-order valence-corrected chi connectivity index (χ3v) is 2.65. The number of fused-ring (bicyclic) bond motifs is 1. The largest absolute Gasteiger partial charge is 0.291 e. The molecule has 1 aromatic heterocycles. The molecule has 3 nitrogen and oxygen atoms in total. The average Bonchev–Trinajstić information content (AvgIpc) is 2.56. The van der Waals surface area contributed by atoms with E-state index in [0.29, 0.717) is 11.0 Å². The lowest BCUT2D eigenvalue weighted by molar-refractivity contribution is 0.102. The van der Waals surface area contributed by atoms with E-state index in [-0.39, 0.29) is 5.78 Å². The Bertz CT molecular complexity index is 490. The number of ketones is 1. The molecule has 0 saturated carbocycles. The highest BCUT2D eigenvalue weighted by Crippen LogP contribution is 2.18. The molecule has 1 heterocycles. The van der Waals surface area contributed by atoms with Gasteiger partial charge in [-0.15, -0.1) is 0 Å². The Labute approximate surface area is 89.8 Å². The minimum atomic E-state index is 0.0156. The Morgan fingerprint density at radius 1 is 1.50 bits per heavy atom. The zero-order valence-corrected chi connectivity index (χ0v) is 9.28. The zero-order chi connectivity index (χ0) is 10.1. The number of nitrogens with zero attached hydrogens (tertiary/aromatic N) is 2. The first kappa shape index (κ1) is 9.40. The summed E-state index contributed by atoms with van der Waals surface area (Å²) in [5.74, 6) is 0.0156. The van der Waals surface area contributed by atoms with E-state index in [2.05, 4.69) is 21.0 Å². The van der Waals surface area contributed by atoms with E-state index in [9.17, 15) is 4.79 Å². The molecular weight excluding hydrogens is 244 g/mol. The van der Waals surface area contributed by atoms with Crippen molar-refractivity contribution in [2.45, 2.75) is 0 Å². The van der Waals surface area contributed by atoms with Gasteiger partial charge in [0.2, 0.25) is 0 Å². The second-order valence-corrected chi connectivity index (χ2v) is 3.61. The van der Waals surface area contributed by atoms with Crippen LogP contribution in [0, 0.1) is 0 Å². The Kier molecular flexibility index (Phi) is 2.37. The Morgan fingerprint density at radius 3 is 2.93 bits per heavy atom. The molecule has 0 bridgehead atoms. The quantitative estimate of drug-likeness (QED) is 0.607. The van der Waals surface area contributed by atoms with E-state index < -0.39 is 0 Å². The van der Waals surface area contributed by atoms with Crippen molar-refractivity contribution >= 4 is 32.6 Å². The number of aryl methyl sites for hydroxylation is 1. The molecule has 2 aromatic rings. The summed E-state index contributed by atoms with van der Waals surface area (Å²) in [4.78, 5) is 11.5. The first-order chi connectivity index (χ1) is 6.74. The molecule has 1 aromatic carbocycles. The van der Waals surface area contributed by atoms with Gasteiger partial charge >= 0.3 is 0 Å². The van der Waals surface area contributed by atoms with Gasteiger partial charge < -0.3 is 0 Å². The summed E-state index contributed by atoms with van der Waals surface area (Å²) in [6.07, 6.45) is 0. The number of carbonyl (C=O) groups is 1. The lowest BCUT2D eigenvalue weighted by Gasteiger charge is -1.91. The molecular formula is C10H9BrN2O. The summed E-state index contributed by atoms with van der Waals surface area (Å²) < 4.78 is 1.73. The molecule has 2 rings (SSSR count). The number of rotatable bonds is 2. The summed E-state index contributed by atoms with van der Waals surface area (Å²) in [5, 5.41) is 5.43. The van der Waals surface area contributed by atoms with Crippen molar-refractivity contribution in [2.75, 3.05) is 5.33 Å². The number of para-hydroxylation sites is 1. The number of hydrogen-bond donors (Lipinski definition) is 0. The maximum Gasteiger partial charge on any atom is 0.194 e. The average molecular weight is 253 g/mol. The molecule has 72 valence electrons. The van der Waals surface area contributed by atoms with Crippen molar-refractivity contribution in [3.8, 4) is 0 Å². The fourth-order valence-corrected chi connectivity index (χ4v) is 1.75. The molecule has 0 radical (unpaired) electrons. The van der Waals surface area contributed by atoms with E-state index in [1.165, 1.54) is 0 Å². The predicted molar refractivity (Wildman–Crippen MR) is 58.8 cm³/mol. The first-order valence-corrected chi connectivity index (χ1v) is 5.37. The van der Waals surface area contributed by atoms with Crippen molar-refractivity contribution in [1.29, 1.82) is 0 Å². The van der Waals surface area contributed by atoms with Crippen LogP contribution in [0.3, 0.4) is 0 Å². The van der Waals surface area contributed by atoms with Gasteiger partial charge in [0.25, 0.3) is 0 Å². The molecule has 0 N–H and O–H groups in total. The highest BCUT2D eigenvalue weighted by Gasteiger charge is 2.13. The molecule has 0 aliphatic rings. The number of alkyl halides is 1. The molecule has 0 fully saturated rings. The molecule has 14 heavy (non-hydrogen) atoms. The number of aromatic nitrogens is 2. The SMILES string of the molecule is Cn1nc(C(=O)CBr)c2ccccc21. The van der Waals surface area contributed by atoms with Crippen molar-refractivity contribution in [2.24, 2.45) is 7.05 Å². The maximum atomic E-state index is 11.5. The van der Waals surface area contributed by atoms with Crippen LogP contribution in [0.25, 0.3) is 10.9 Å². The monoisotopic (exact) mass is 252 g/mol. The van der Waals surface area contributed by atoms with Gasteiger partial charge in [-0.3, -0.25) is 9.48 Å². The van der Waals surface area contributed by atoms with Gasteiger partial charge in [-0.25, -0.2) is 0 Å². The summed E-state index contributed by atoms with van der Waals surface area (Å²) in [5.41, 5.74) is 1.52. The second-order valence-electron chi connectivity index (χ2n) is 3.05. The highest BCUT2D eigenvalue weighted by molar-refractivity contribution is 9.09. The van der Waals surface area contributed by atoms with E-state index in [1.54, 1.807) is 4.68 Å². The molecule has 0 amide bonds. The molecule has 0 aliphatic heterocycles. The molecule has 0 saturated heterocycles. The summed E-state index contributed by atoms with van der Waals surface area (Å²) in [6, 6.07) is 7.72. The zero-order valence-electron chi connectivity index (χ0n) is 7.70. The molecule has 0 spiro atoms. The van der Waals surface area contributed by atoms with E-state index in [1.807, 2.05) is 31.3 Å². The predicted octanol–water partition coefficient (Wildman–Crippen LogP) is 2.15. The Hall–Kier alpha value is -1.16. The van der Waals surface area contributed by atoms with Crippen LogP contribution in [-0.2, 0) is 7.05 Å². The Morgan fingerprint density at radius 2 is 2.21 bits per heavy atom. The van der Waals surface area contributed by atoms with Gasteiger partial charge in [0.15, 0.2) is 5.78 Å². The van der Waals surface area contributed by atoms with Crippen molar-refractivity contribution in [3.63, 3.8) is 0 Å². The third-order valence-electron chi connectivity index (χ3n) is 2.14. The van der Waals surface area contributed by atoms with Gasteiger partial charge in [0, 0.05) is 12.4 Å². The fraction of sp³-hybridized carbons (Fsp3) is 0.200. The van der Waals surface area contributed by atoms with Crippen molar-refractivity contribution in [3.05, 3.63) is 30.0 Å². The fourth-order valence-electron chi connectivity index (χ4n) is 1.48.